The van der Waals surface area contributed by atoms with Crippen molar-refractivity contribution in [2.75, 3.05) is 18.1 Å². The van der Waals surface area contributed by atoms with E-state index in [0.29, 0.717) is 23.0 Å². The highest BCUT2D eigenvalue weighted by atomic mass is 32.1. The predicted molar refractivity (Wildman–Crippen MR) is 100 cm³/mol. The highest BCUT2D eigenvalue weighted by Gasteiger charge is 2.10. The summed E-state index contributed by atoms with van der Waals surface area (Å²) in [5.41, 5.74) is 14.8. The molecule has 124 valence electrons. The standard InChI is InChI=1S/C18H30N2OS/c1-3-4-5-6-7-8-9-10-13-21-18(22)15-11-12-16(19)14(2)17(15)20/h11-12H,3-10,13,19-20H2,1-2H3. The molecule has 0 aromatic heterocycles. The van der Waals surface area contributed by atoms with E-state index in [1.54, 1.807) is 0 Å². The van der Waals surface area contributed by atoms with Gasteiger partial charge in [0.1, 0.15) is 0 Å². The zero-order valence-corrected chi connectivity index (χ0v) is 14.8. The van der Waals surface area contributed by atoms with E-state index in [9.17, 15) is 0 Å². The van der Waals surface area contributed by atoms with Crippen LogP contribution in [0.1, 0.15) is 69.4 Å². The van der Waals surface area contributed by atoms with E-state index < -0.39 is 0 Å². The number of anilines is 2. The van der Waals surface area contributed by atoms with Gasteiger partial charge in [0.2, 0.25) is 0 Å². The number of nitrogen functional groups attached to an aromatic ring is 2. The molecule has 0 heterocycles. The van der Waals surface area contributed by atoms with E-state index in [0.717, 1.165) is 17.5 Å². The van der Waals surface area contributed by atoms with Crippen molar-refractivity contribution in [3.63, 3.8) is 0 Å². The lowest BCUT2D eigenvalue weighted by Gasteiger charge is -2.12. The van der Waals surface area contributed by atoms with Crippen molar-refractivity contribution >= 4 is 28.6 Å². The quantitative estimate of drug-likeness (QED) is 0.362. The van der Waals surface area contributed by atoms with Crippen LogP contribution in [0.4, 0.5) is 11.4 Å². The van der Waals surface area contributed by atoms with E-state index in [1.807, 2.05) is 19.1 Å². The van der Waals surface area contributed by atoms with Gasteiger partial charge in [-0.1, -0.05) is 51.9 Å². The van der Waals surface area contributed by atoms with Gasteiger partial charge in [-0.05, 0) is 43.3 Å². The second-order valence-electron chi connectivity index (χ2n) is 5.85. The normalized spacial score (nSPS) is 10.6. The predicted octanol–water partition coefficient (Wildman–Crippen LogP) is 4.99. The molecule has 3 nitrogen and oxygen atoms in total. The third kappa shape index (κ3) is 6.22. The van der Waals surface area contributed by atoms with Gasteiger partial charge in [0.25, 0.3) is 0 Å². The first-order chi connectivity index (χ1) is 10.6. The number of rotatable bonds is 10. The van der Waals surface area contributed by atoms with Gasteiger partial charge in [-0.25, -0.2) is 0 Å². The Balaban J connectivity index is 2.20. The zero-order chi connectivity index (χ0) is 16.4. The molecule has 22 heavy (non-hydrogen) atoms. The largest absolute Gasteiger partial charge is 0.483 e. The van der Waals surface area contributed by atoms with Crippen LogP contribution in [0.5, 0.6) is 0 Å². The summed E-state index contributed by atoms with van der Waals surface area (Å²) < 4.78 is 5.66. The van der Waals surface area contributed by atoms with Crippen molar-refractivity contribution in [1.82, 2.24) is 0 Å². The third-order valence-corrected chi connectivity index (χ3v) is 4.35. The molecule has 0 bridgehead atoms. The van der Waals surface area contributed by atoms with E-state index in [-0.39, 0.29) is 0 Å². The number of nitrogens with two attached hydrogens (primary N) is 2. The van der Waals surface area contributed by atoms with Crippen LogP contribution in [0.3, 0.4) is 0 Å². The lowest BCUT2D eigenvalue weighted by molar-refractivity contribution is 0.300. The van der Waals surface area contributed by atoms with Crippen molar-refractivity contribution < 1.29 is 4.74 Å². The summed E-state index contributed by atoms with van der Waals surface area (Å²) in [4.78, 5) is 0. The number of hydrogen-bond acceptors (Lipinski definition) is 4. The Morgan fingerprint density at radius 2 is 1.59 bits per heavy atom. The molecule has 0 aliphatic rings. The van der Waals surface area contributed by atoms with Crippen molar-refractivity contribution in [1.29, 1.82) is 0 Å². The smallest absolute Gasteiger partial charge is 0.193 e. The van der Waals surface area contributed by atoms with Crippen molar-refractivity contribution in [3.8, 4) is 0 Å². The zero-order valence-electron chi connectivity index (χ0n) is 14.0. The minimum Gasteiger partial charge on any atom is -0.483 e. The average molecular weight is 323 g/mol. The SMILES string of the molecule is CCCCCCCCCCOC(=S)c1ccc(N)c(C)c1N. The summed E-state index contributed by atoms with van der Waals surface area (Å²) >= 11 is 5.32. The van der Waals surface area contributed by atoms with Gasteiger partial charge in [0.15, 0.2) is 5.05 Å². The Morgan fingerprint density at radius 3 is 2.23 bits per heavy atom. The lowest BCUT2D eigenvalue weighted by atomic mass is 10.1. The Kier molecular flexibility index (Phi) is 8.90. The maximum Gasteiger partial charge on any atom is 0.193 e. The monoisotopic (exact) mass is 322 g/mol. The first-order valence-corrected chi connectivity index (χ1v) is 8.80. The van der Waals surface area contributed by atoms with Crippen molar-refractivity contribution in [3.05, 3.63) is 23.3 Å². The second-order valence-corrected chi connectivity index (χ2v) is 6.22. The first kappa shape index (κ1) is 18.8. The summed E-state index contributed by atoms with van der Waals surface area (Å²) in [5.74, 6) is 0. The number of unbranched alkanes of at least 4 members (excludes halogenated alkanes) is 7. The molecule has 0 saturated carbocycles. The number of ether oxygens (including phenoxy) is 1. The minimum atomic E-state index is 0.476. The summed E-state index contributed by atoms with van der Waals surface area (Å²) in [6, 6.07) is 3.67. The maximum absolute atomic E-state index is 6.05. The fourth-order valence-electron chi connectivity index (χ4n) is 2.40. The molecule has 0 aliphatic heterocycles. The van der Waals surface area contributed by atoms with Crippen LogP contribution in [0.2, 0.25) is 0 Å². The van der Waals surface area contributed by atoms with Crippen LogP contribution in [0.15, 0.2) is 12.1 Å². The average Bonchev–Trinajstić information content (AvgIpc) is 2.51. The van der Waals surface area contributed by atoms with E-state index >= 15 is 0 Å². The van der Waals surface area contributed by atoms with Crippen molar-refractivity contribution in [2.45, 2.75) is 65.2 Å². The Morgan fingerprint density at radius 1 is 1.00 bits per heavy atom. The van der Waals surface area contributed by atoms with E-state index in [2.05, 4.69) is 6.92 Å². The van der Waals surface area contributed by atoms with Gasteiger partial charge in [0, 0.05) is 11.4 Å². The number of thiocarbonyl (C=S) groups is 1. The summed E-state index contributed by atoms with van der Waals surface area (Å²) in [6.07, 6.45) is 10.2. The lowest BCUT2D eigenvalue weighted by Crippen LogP contribution is -2.10. The molecule has 0 aliphatic carbocycles. The van der Waals surface area contributed by atoms with Crippen LogP contribution in [0, 0.1) is 6.92 Å². The van der Waals surface area contributed by atoms with Crippen LogP contribution in [-0.2, 0) is 4.74 Å². The summed E-state index contributed by atoms with van der Waals surface area (Å²) in [6.45, 7) is 4.81. The molecular formula is C18H30N2OS. The van der Waals surface area contributed by atoms with Gasteiger partial charge in [-0.15, -0.1) is 0 Å². The molecule has 0 amide bonds. The first-order valence-electron chi connectivity index (χ1n) is 8.39. The van der Waals surface area contributed by atoms with Gasteiger partial charge < -0.3 is 16.2 Å². The molecule has 4 N–H and O–H groups in total. The van der Waals surface area contributed by atoms with E-state index in [1.165, 1.54) is 44.9 Å². The van der Waals surface area contributed by atoms with Crippen LogP contribution in [0.25, 0.3) is 0 Å². The molecule has 0 radical (unpaired) electrons. The van der Waals surface area contributed by atoms with Gasteiger partial charge in [0.05, 0.1) is 12.2 Å². The fraction of sp³-hybridized carbons (Fsp3) is 0.611. The molecule has 0 spiro atoms. The van der Waals surface area contributed by atoms with E-state index in [4.69, 9.17) is 28.4 Å². The topological polar surface area (TPSA) is 61.3 Å². The highest BCUT2D eigenvalue weighted by Crippen LogP contribution is 2.23. The second kappa shape index (κ2) is 10.4. The number of hydrogen-bond donors (Lipinski definition) is 2. The number of benzene rings is 1. The molecule has 0 unspecified atom stereocenters. The molecule has 1 aromatic rings. The van der Waals surface area contributed by atoms with Crippen LogP contribution in [-0.4, -0.2) is 11.7 Å². The fourth-order valence-corrected chi connectivity index (χ4v) is 2.66. The molecule has 0 atom stereocenters. The summed E-state index contributed by atoms with van der Waals surface area (Å²) in [5, 5.41) is 0.476. The molecule has 1 aromatic carbocycles. The molecule has 0 fully saturated rings. The van der Waals surface area contributed by atoms with Crippen molar-refractivity contribution in [2.24, 2.45) is 0 Å². The third-order valence-electron chi connectivity index (χ3n) is 4.01. The van der Waals surface area contributed by atoms with Gasteiger partial charge in [-0.2, -0.15) is 0 Å². The van der Waals surface area contributed by atoms with Crippen LogP contribution >= 0.6 is 12.2 Å². The molecule has 1 rings (SSSR count). The maximum atomic E-state index is 6.05. The Labute approximate surface area is 140 Å². The Bertz CT molecular complexity index is 474. The van der Waals surface area contributed by atoms with Gasteiger partial charge in [-0.3, -0.25) is 0 Å². The van der Waals surface area contributed by atoms with Crippen LogP contribution < -0.4 is 11.5 Å². The van der Waals surface area contributed by atoms with Gasteiger partial charge >= 0.3 is 0 Å². The Hall–Kier alpha value is -1.29. The molecular weight excluding hydrogens is 292 g/mol. The summed E-state index contributed by atoms with van der Waals surface area (Å²) in [7, 11) is 0. The molecule has 0 saturated heterocycles. The molecule has 4 heteroatoms. The highest BCUT2D eigenvalue weighted by molar-refractivity contribution is 7.80. The minimum absolute atomic E-state index is 0.476.